The smallest absolute Gasteiger partial charge is 0.0264 e. The maximum absolute atomic E-state index is 3.57. The van der Waals surface area contributed by atoms with Crippen molar-refractivity contribution in [2.75, 3.05) is 19.6 Å². The van der Waals surface area contributed by atoms with Crippen LogP contribution in [-0.2, 0) is 6.54 Å². The summed E-state index contributed by atoms with van der Waals surface area (Å²) >= 11 is 0. The van der Waals surface area contributed by atoms with Gasteiger partial charge >= 0.3 is 0 Å². The number of rotatable bonds is 2. The monoisotopic (exact) mass is 266 g/mol. The zero-order valence-electron chi connectivity index (χ0n) is 11.9. The van der Waals surface area contributed by atoms with E-state index in [9.17, 15) is 0 Å². The Kier molecular flexibility index (Phi) is 3.21. The maximum atomic E-state index is 3.57. The van der Waals surface area contributed by atoms with Crippen LogP contribution < -0.4 is 5.32 Å². The first-order valence-corrected chi connectivity index (χ1v) is 7.82. The van der Waals surface area contributed by atoms with E-state index in [0.717, 1.165) is 18.5 Å². The predicted octanol–water partition coefficient (Wildman–Crippen LogP) is 3.02. The van der Waals surface area contributed by atoms with E-state index in [0.29, 0.717) is 0 Å². The van der Waals surface area contributed by atoms with E-state index in [4.69, 9.17) is 0 Å². The van der Waals surface area contributed by atoms with Crippen LogP contribution in [-0.4, -0.2) is 30.6 Å². The van der Waals surface area contributed by atoms with Gasteiger partial charge in [-0.05, 0) is 54.3 Å². The van der Waals surface area contributed by atoms with Gasteiger partial charge in [-0.3, -0.25) is 4.90 Å². The average Bonchev–Trinajstić information content (AvgIpc) is 2.97. The lowest BCUT2D eigenvalue weighted by Crippen LogP contribution is -2.44. The summed E-state index contributed by atoms with van der Waals surface area (Å²) in [5.74, 6) is 0.879. The Hall–Kier alpha value is -1.38. The van der Waals surface area contributed by atoms with Crippen LogP contribution in [0.4, 0.5) is 0 Å². The summed E-state index contributed by atoms with van der Waals surface area (Å²) in [6.45, 7) is 4.76. The summed E-state index contributed by atoms with van der Waals surface area (Å²) in [7, 11) is 0. The lowest BCUT2D eigenvalue weighted by atomic mass is 9.91. The van der Waals surface area contributed by atoms with Crippen LogP contribution >= 0.6 is 0 Å². The zero-order chi connectivity index (χ0) is 13.4. The highest BCUT2D eigenvalue weighted by Gasteiger charge is 2.34. The second kappa shape index (κ2) is 5.19. The Bertz CT molecular complexity index is 607. The molecule has 0 bridgehead atoms. The molecule has 2 atom stereocenters. The highest BCUT2D eigenvalue weighted by Crippen LogP contribution is 2.28. The predicted molar refractivity (Wildman–Crippen MR) is 83.7 cm³/mol. The normalized spacial score (nSPS) is 26.8. The van der Waals surface area contributed by atoms with Crippen LogP contribution in [0.3, 0.4) is 0 Å². The number of hydrogen-bond acceptors (Lipinski definition) is 2. The number of nitrogens with zero attached hydrogens (tertiary/aromatic N) is 1. The fourth-order valence-electron chi connectivity index (χ4n) is 3.93. The molecule has 1 N–H and O–H groups in total. The zero-order valence-corrected chi connectivity index (χ0v) is 11.9. The molecule has 2 aromatic carbocycles. The summed E-state index contributed by atoms with van der Waals surface area (Å²) in [6, 6.07) is 16.3. The molecule has 4 rings (SSSR count). The molecule has 2 heteroatoms. The van der Waals surface area contributed by atoms with Crippen molar-refractivity contribution in [1.29, 1.82) is 0 Å². The fourth-order valence-corrected chi connectivity index (χ4v) is 3.93. The van der Waals surface area contributed by atoms with Gasteiger partial charge in [0, 0.05) is 19.1 Å². The number of likely N-dealkylation sites (tertiary alicyclic amines) is 1. The van der Waals surface area contributed by atoms with Gasteiger partial charge in [-0.25, -0.2) is 0 Å². The van der Waals surface area contributed by atoms with Gasteiger partial charge in [0.25, 0.3) is 0 Å². The molecule has 0 radical (unpaired) electrons. The van der Waals surface area contributed by atoms with Gasteiger partial charge in [-0.15, -0.1) is 0 Å². The molecule has 2 saturated heterocycles. The van der Waals surface area contributed by atoms with Gasteiger partial charge in [-0.2, -0.15) is 0 Å². The summed E-state index contributed by atoms with van der Waals surface area (Å²) in [4.78, 5) is 2.69. The van der Waals surface area contributed by atoms with Crippen molar-refractivity contribution in [3.8, 4) is 0 Å². The minimum absolute atomic E-state index is 0.759. The Labute approximate surface area is 120 Å². The van der Waals surface area contributed by atoms with Crippen LogP contribution in [0, 0.1) is 5.92 Å². The van der Waals surface area contributed by atoms with Crippen LogP contribution in [0.2, 0.25) is 0 Å². The Balaban J connectivity index is 1.57. The number of piperidine rings is 1. The van der Waals surface area contributed by atoms with Crippen LogP contribution in [0.25, 0.3) is 10.8 Å². The number of nitrogens with one attached hydrogen (secondary N) is 1. The molecule has 2 heterocycles. The number of hydrogen-bond donors (Lipinski definition) is 1. The summed E-state index contributed by atoms with van der Waals surface area (Å²) in [5, 5.41) is 6.27. The molecule has 104 valence electrons. The van der Waals surface area contributed by atoms with E-state index in [2.05, 4.69) is 52.7 Å². The van der Waals surface area contributed by atoms with Crippen molar-refractivity contribution in [3.63, 3.8) is 0 Å². The van der Waals surface area contributed by atoms with Crippen molar-refractivity contribution in [1.82, 2.24) is 10.2 Å². The third-order valence-electron chi connectivity index (χ3n) is 4.99. The number of fused-ring (bicyclic) bond motifs is 2. The quantitative estimate of drug-likeness (QED) is 0.899. The van der Waals surface area contributed by atoms with Crippen LogP contribution in [0.5, 0.6) is 0 Å². The molecule has 2 aliphatic heterocycles. The van der Waals surface area contributed by atoms with Crippen molar-refractivity contribution in [2.24, 2.45) is 5.92 Å². The minimum atomic E-state index is 0.759. The van der Waals surface area contributed by atoms with Gasteiger partial charge in [0.2, 0.25) is 0 Å². The van der Waals surface area contributed by atoms with E-state index in [1.54, 1.807) is 0 Å². The van der Waals surface area contributed by atoms with E-state index >= 15 is 0 Å². The lowest BCUT2D eigenvalue weighted by Gasteiger charge is -2.37. The molecular formula is C18H22N2. The van der Waals surface area contributed by atoms with Gasteiger partial charge in [0.1, 0.15) is 0 Å². The Morgan fingerprint density at radius 1 is 1.05 bits per heavy atom. The molecule has 0 saturated carbocycles. The lowest BCUT2D eigenvalue weighted by molar-refractivity contribution is 0.117. The molecule has 2 fully saturated rings. The first kappa shape index (κ1) is 12.4. The van der Waals surface area contributed by atoms with E-state index in [1.807, 2.05) is 0 Å². The van der Waals surface area contributed by atoms with E-state index in [1.165, 1.54) is 48.8 Å². The highest BCUT2D eigenvalue weighted by atomic mass is 15.2. The molecule has 0 spiro atoms. The number of benzene rings is 2. The molecular weight excluding hydrogens is 244 g/mol. The molecule has 2 aromatic rings. The van der Waals surface area contributed by atoms with E-state index < -0.39 is 0 Å². The molecule has 2 nitrogen and oxygen atoms in total. The molecule has 0 aromatic heterocycles. The van der Waals surface area contributed by atoms with Gasteiger partial charge < -0.3 is 5.32 Å². The first-order chi connectivity index (χ1) is 9.90. The largest absolute Gasteiger partial charge is 0.315 e. The average molecular weight is 266 g/mol. The standard InChI is InChI=1S/C18H22N2/c1-2-5-16-10-14(7-8-15(16)4-1)13-20-9-3-6-17-11-19-12-18(17)20/h1-2,4-5,7-8,10,17-19H,3,6,9,11-13H2. The SMILES string of the molecule is c1ccc2cc(CN3CCCC4CNCC43)ccc2c1. The minimum Gasteiger partial charge on any atom is -0.315 e. The topological polar surface area (TPSA) is 15.3 Å². The fraction of sp³-hybridized carbons (Fsp3) is 0.444. The van der Waals surface area contributed by atoms with Gasteiger partial charge in [0.15, 0.2) is 0 Å². The molecule has 2 aliphatic rings. The third kappa shape index (κ3) is 2.23. The van der Waals surface area contributed by atoms with Crippen LogP contribution in [0.15, 0.2) is 42.5 Å². The van der Waals surface area contributed by atoms with Crippen molar-refractivity contribution in [2.45, 2.75) is 25.4 Å². The highest BCUT2D eigenvalue weighted by molar-refractivity contribution is 5.82. The third-order valence-corrected chi connectivity index (χ3v) is 4.99. The van der Waals surface area contributed by atoms with Crippen molar-refractivity contribution in [3.05, 3.63) is 48.0 Å². The first-order valence-electron chi connectivity index (χ1n) is 7.82. The Morgan fingerprint density at radius 3 is 2.90 bits per heavy atom. The van der Waals surface area contributed by atoms with Gasteiger partial charge in [-0.1, -0.05) is 36.4 Å². The van der Waals surface area contributed by atoms with Crippen LogP contribution in [0.1, 0.15) is 18.4 Å². The summed E-state index contributed by atoms with van der Waals surface area (Å²) in [5.41, 5.74) is 1.45. The molecule has 20 heavy (non-hydrogen) atoms. The summed E-state index contributed by atoms with van der Waals surface area (Å²) in [6.07, 6.45) is 2.77. The molecule has 0 amide bonds. The maximum Gasteiger partial charge on any atom is 0.0264 e. The van der Waals surface area contributed by atoms with Crippen molar-refractivity contribution >= 4 is 10.8 Å². The molecule has 2 unspecified atom stereocenters. The second-order valence-corrected chi connectivity index (χ2v) is 6.28. The Morgan fingerprint density at radius 2 is 1.95 bits per heavy atom. The second-order valence-electron chi connectivity index (χ2n) is 6.28. The van der Waals surface area contributed by atoms with E-state index in [-0.39, 0.29) is 0 Å². The van der Waals surface area contributed by atoms with Gasteiger partial charge in [0.05, 0.1) is 0 Å². The van der Waals surface area contributed by atoms with Crippen molar-refractivity contribution < 1.29 is 0 Å². The molecule has 0 aliphatic carbocycles. The summed E-state index contributed by atoms with van der Waals surface area (Å²) < 4.78 is 0.